The van der Waals surface area contributed by atoms with E-state index in [2.05, 4.69) is 10.3 Å². The molecule has 3 aromatic rings. The number of rotatable bonds is 5. The van der Waals surface area contributed by atoms with Crippen LogP contribution in [0.3, 0.4) is 0 Å². The fraction of sp³-hybridized carbons (Fsp3) is 0.355. The Morgan fingerprint density at radius 1 is 1.10 bits per heavy atom. The molecule has 206 valence electrons. The van der Waals surface area contributed by atoms with Gasteiger partial charge >= 0.3 is 0 Å². The first kappa shape index (κ1) is 26.2. The number of carbonyl (C=O) groups excluding carboxylic acids is 3. The predicted molar refractivity (Wildman–Crippen MR) is 141 cm³/mol. The van der Waals surface area contributed by atoms with E-state index in [1.807, 2.05) is 24.3 Å². The summed E-state index contributed by atoms with van der Waals surface area (Å²) >= 11 is 0. The number of hydrogen-bond acceptors (Lipinski definition) is 4. The van der Waals surface area contributed by atoms with E-state index in [4.69, 9.17) is 0 Å². The number of ketones is 1. The van der Waals surface area contributed by atoms with Crippen LogP contribution in [-0.4, -0.2) is 40.1 Å². The zero-order valence-corrected chi connectivity index (χ0v) is 22.1. The molecule has 1 aliphatic carbocycles. The van der Waals surface area contributed by atoms with E-state index in [0.29, 0.717) is 18.4 Å². The van der Waals surface area contributed by atoms with Gasteiger partial charge in [0.05, 0.1) is 5.41 Å². The molecule has 9 heteroatoms. The zero-order chi connectivity index (χ0) is 28.3. The molecule has 6 nitrogen and oxygen atoms in total. The summed E-state index contributed by atoms with van der Waals surface area (Å²) < 4.78 is 43.5. The normalized spacial score (nSPS) is 25.2. The van der Waals surface area contributed by atoms with E-state index in [9.17, 15) is 27.6 Å². The summed E-state index contributed by atoms with van der Waals surface area (Å²) in [6.07, 6.45) is 2.14. The molecule has 6 rings (SSSR count). The molecule has 0 radical (unpaired) electrons. The summed E-state index contributed by atoms with van der Waals surface area (Å²) in [5, 5.41) is 2.95. The number of amides is 2. The molecule has 40 heavy (non-hydrogen) atoms. The van der Waals surface area contributed by atoms with Crippen LogP contribution in [0.4, 0.5) is 18.9 Å². The lowest BCUT2D eigenvalue weighted by molar-refractivity contribution is -0.142. The molecule has 1 spiro atoms. The summed E-state index contributed by atoms with van der Waals surface area (Å²) in [5.41, 5.74) is 2.40. The first-order chi connectivity index (χ1) is 19.1. The van der Waals surface area contributed by atoms with E-state index in [0.717, 1.165) is 34.6 Å². The largest absolute Gasteiger partial charge is 0.339 e. The number of nitrogens with zero attached hydrogens (tertiary/aromatic N) is 2. The molecule has 0 bridgehead atoms. The van der Waals surface area contributed by atoms with Crippen molar-refractivity contribution >= 4 is 23.3 Å². The van der Waals surface area contributed by atoms with Crippen LogP contribution in [0.1, 0.15) is 65.3 Å². The summed E-state index contributed by atoms with van der Waals surface area (Å²) in [5.74, 6) is -5.63. The number of halogens is 3. The number of Topliss-reactive ketones (excluding diaryl/α,β-unsaturated/α-hetero) is 1. The summed E-state index contributed by atoms with van der Waals surface area (Å²) in [4.78, 5) is 45.8. The molecule has 4 atom stereocenters. The Balaban J connectivity index is 1.26. The molecule has 2 amide bonds. The van der Waals surface area contributed by atoms with Crippen LogP contribution in [0.15, 0.2) is 48.7 Å². The van der Waals surface area contributed by atoms with Gasteiger partial charge in [-0.1, -0.05) is 18.2 Å². The summed E-state index contributed by atoms with van der Waals surface area (Å²) in [7, 11) is 0. The first-order valence-corrected chi connectivity index (χ1v) is 13.5. The highest BCUT2D eigenvalue weighted by molar-refractivity contribution is 6.07. The smallest absolute Gasteiger partial charge is 0.235 e. The van der Waals surface area contributed by atoms with E-state index in [1.165, 1.54) is 11.1 Å². The third-order valence-electron chi connectivity index (χ3n) is 8.94. The number of fused-ring (bicyclic) bond motifs is 3. The molecule has 1 aromatic heterocycles. The van der Waals surface area contributed by atoms with Crippen molar-refractivity contribution in [2.24, 2.45) is 5.92 Å². The molecular weight excluding hydrogens is 519 g/mol. The van der Waals surface area contributed by atoms with Crippen molar-refractivity contribution in [3.63, 3.8) is 0 Å². The second kappa shape index (κ2) is 9.57. The highest BCUT2D eigenvalue weighted by Crippen LogP contribution is 2.47. The Hall–Kier alpha value is -4.01. The van der Waals surface area contributed by atoms with Crippen LogP contribution >= 0.6 is 0 Å². The van der Waals surface area contributed by atoms with Gasteiger partial charge in [0, 0.05) is 66.0 Å². The third-order valence-corrected chi connectivity index (χ3v) is 8.94. The van der Waals surface area contributed by atoms with Gasteiger partial charge in [0.2, 0.25) is 11.8 Å². The Kier molecular flexibility index (Phi) is 6.27. The van der Waals surface area contributed by atoms with Crippen LogP contribution in [-0.2, 0) is 27.8 Å². The van der Waals surface area contributed by atoms with E-state index in [1.54, 1.807) is 19.9 Å². The maximum atomic E-state index is 14.8. The first-order valence-electron chi connectivity index (χ1n) is 13.5. The fourth-order valence-electron chi connectivity index (χ4n) is 6.86. The van der Waals surface area contributed by atoms with E-state index < -0.39 is 46.3 Å². The van der Waals surface area contributed by atoms with Crippen LogP contribution in [0.25, 0.3) is 0 Å². The van der Waals surface area contributed by atoms with Gasteiger partial charge < -0.3 is 10.2 Å². The molecule has 2 aliphatic heterocycles. The lowest BCUT2D eigenvalue weighted by atomic mass is 9.76. The summed E-state index contributed by atoms with van der Waals surface area (Å²) in [6.45, 7) is 3.72. The molecular formula is C31H28F3N3O3. The van der Waals surface area contributed by atoms with Crippen LogP contribution in [0.5, 0.6) is 0 Å². The standard InChI is InChI=1S/C31H28F3N3O3/c1-3-37-16(2)20(27-22(32)8-9-23(33)28(27)34)11-17(29(37)39)12-26(38)19-10-18-13-31(14-25(18)35-15-19)21-6-4-5-7-24(21)36-30(31)40/h4-10,15-17,20H,3,11-14H2,1-2H3,(H,36,40)/t16-,17-,20-,31+/m1/s1. The maximum Gasteiger partial charge on any atom is 0.235 e. The Morgan fingerprint density at radius 2 is 1.85 bits per heavy atom. The van der Waals surface area contributed by atoms with Gasteiger partial charge in [0.15, 0.2) is 17.4 Å². The highest BCUT2D eigenvalue weighted by atomic mass is 19.2. The van der Waals surface area contributed by atoms with Crippen LogP contribution in [0, 0.1) is 23.4 Å². The monoisotopic (exact) mass is 547 g/mol. The minimum atomic E-state index is -1.26. The molecule has 2 aromatic carbocycles. The fourth-order valence-corrected chi connectivity index (χ4v) is 6.86. The van der Waals surface area contributed by atoms with Crippen molar-refractivity contribution < 1.29 is 27.6 Å². The topological polar surface area (TPSA) is 79.4 Å². The summed E-state index contributed by atoms with van der Waals surface area (Å²) in [6, 6.07) is 10.3. The minimum Gasteiger partial charge on any atom is -0.339 e. The van der Waals surface area contributed by atoms with Crippen LogP contribution in [0.2, 0.25) is 0 Å². The number of nitrogens with one attached hydrogen (secondary N) is 1. The van der Waals surface area contributed by atoms with Gasteiger partial charge in [0.1, 0.15) is 5.82 Å². The Labute approximate surface area is 229 Å². The molecule has 1 saturated heterocycles. The number of carbonyl (C=O) groups is 3. The number of hydrogen-bond donors (Lipinski definition) is 1. The SMILES string of the molecule is CCN1C(=O)[C@@H](CC(=O)c2cnc3c(c2)C[C@@]2(C3)C(=O)Nc3ccccc32)C[C@@H](c2c(F)ccc(F)c2F)[C@H]1C. The molecule has 1 fully saturated rings. The predicted octanol–water partition coefficient (Wildman–Crippen LogP) is 5.10. The van der Waals surface area contributed by atoms with Crippen LogP contribution < -0.4 is 5.32 Å². The number of anilines is 1. The highest BCUT2D eigenvalue weighted by Gasteiger charge is 2.51. The lowest BCUT2D eigenvalue weighted by Crippen LogP contribution is -2.50. The number of aromatic nitrogens is 1. The molecule has 0 unspecified atom stereocenters. The second-order valence-corrected chi connectivity index (χ2v) is 11.1. The molecule has 1 N–H and O–H groups in total. The lowest BCUT2D eigenvalue weighted by Gasteiger charge is -2.42. The average Bonchev–Trinajstić information content (AvgIpc) is 3.46. The number of likely N-dealkylation sites (tertiary alicyclic amines) is 1. The maximum absolute atomic E-state index is 14.8. The number of piperidine rings is 1. The molecule has 0 saturated carbocycles. The van der Waals surface area contributed by atoms with Gasteiger partial charge in [-0.3, -0.25) is 19.4 Å². The van der Waals surface area contributed by atoms with E-state index >= 15 is 0 Å². The van der Waals surface area contributed by atoms with Crippen molar-refractivity contribution in [1.82, 2.24) is 9.88 Å². The number of likely N-dealkylation sites (N-methyl/N-ethyl adjacent to an activating group) is 1. The second-order valence-electron chi connectivity index (χ2n) is 11.1. The van der Waals surface area contributed by atoms with Gasteiger partial charge in [-0.25, -0.2) is 13.2 Å². The van der Waals surface area contributed by atoms with Crippen molar-refractivity contribution in [3.8, 4) is 0 Å². The molecule has 3 aliphatic rings. The van der Waals surface area contributed by atoms with Gasteiger partial charge in [-0.15, -0.1) is 0 Å². The Morgan fingerprint density at radius 3 is 2.62 bits per heavy atom. The van der Waals surface area contributed by atoms with Gasteiger partial charge in [-0.05, 0) is 62.1 Å². The van der Waals surface area contributed by atoms with Crippen molar-refractivity contribution in [2.75, 3.05) is 11.9 Å². The van der Waals surface area contributed by atoms with E-state index in [-0.39, 0.29) is 37.0 Å². The Bertz CT molecular complexity index is 1570. The van der Waals surface area contributed by atoms with Gasteiger partial charge in [0.25, 0.3) is 0 Å². The minimum absolute atomic E-state index is 0.0119. The molecule has 3 heterocycles. The zero-order valence-electron chi connectivity index (χ0n) is 22.1. The van der Waals surface area contributed by atoms with Gasteiger partial charge in [-0.2, -0.15) is 0 Å². The average molecular weight is 548 g/mol. The van der Waals surface area contributed by atoms with Crippen molar-refractivity contribution in [1.29, 1.82) is 0 Å². The number of benzene rings is 2. The number of para-hydroxylation sites is 1. The van der Waals surface area contributed by atoms with Crippen molar-refractivity contribution in [3.05, 3.63) is 94.1 Å². The van der Waals surface area contributed by atoms with Crippen molar-refractivity contribution in [2.45, 2.75) is 56.9 Å². The third kappa shape index (κ3) is 3.93. The quantitative estimate of drug-likeness (QED) is 0.356. The number of pyridine rings is 1.